The molecule has 1 unspecified atom stereocenters. The Labute approximate surface area is 118 Å². The van der Waals surface area contributed by atoms with Gasteiger partial charge in [0.05, 0.1) is 17.8 Å². The number of carbonyl (C=O) groups excluding carboxylic acids is 1. The number of rotatable bonds is 4. The predicted octanol–water partition coefficient (Wildman–Crippen LogP) is 1.80. The van der Waals surface area contributed by atoms with E-state index < -0.39 is 0 Å². The molecule has 1 aromatic carbocycles. The molecular formula is C14H20N2O2S. The third kappa shape index (κ3) is 3.49. The van der Waals surface area contributed by atoms with E-state index in [4.69, 9.17) is 0 Å². The van der Waals surface area contributed by atoms with Gasteiger partial charge >= 0.3 is 0 Å². The van der Waals surface area contributed by atoms with Crippen LogP contribution in [-0.4, -0.2) is 47.4 Å². The maximum Gasteiger partial charge on any atom is 0.241 e. The highest BCUT2D eigenvalue weighted by atomic mass is 32.2. The Bertz CT molecular complexity index is 453. The standard InChI is InChI=1S/C14H20N2O2S/c1-10(16-8-7-11(17)9-16)14(18)15-12-5-3-4-6-13(12)19-2/h3-6,10-11,17H,7-9H2,1-2H3,(H,15,18)/t10?,11-/m1/s1. The number of para-hydroxylation sites is 1. The van der Waals surface area contributed by atoms with Gasteiger partial charge in [0.25, 0.3) is 0 Å². The van der Waals surface area contributed by atoms with Crippen LogP contribution in [0.1, 0.15) is 13.3 Å². The second-order valence-corrected chi connectivity index (χ2v) is 5.65. The number of amides is 1. The Kier molecular flexibility index (Phi) is 4.85. The van der Waals surface area contributed by atoms with Crippen LogP contribution >= 0.6 is 11.8 Å². The molecule has 0 spiro atoms. The van der Waals surface area contributed by atoms with Crippen LogP contribution in [0.3, 0.4) is 0 Å². The molecule has 5 heteroatoms. The number of likely N-dealkylation sites (tertiary alicyclic amines) is 1. The van der Waals surface area contributed by atoms with Crippen molar-refractivity contribution in [3.63, 3.8) is 0 Å². The first-order chi connectivity index (χ1) is 9.11. The fourth-order valence-corrected chi connectivity index (χ4v) is 2.82. The number of nitrogens with one attached hydrogen (secondary N) is 1. The van der Waals surface area contributed by atoms with Crippen molar-refractivity contribution in [2.45, 2.75) is 30.4 Å². The Morgan fingerprint density at radius 2 is 2.26 bits per heavy atom. The number of nitrogens with zero attached hydrogens (tertiary/aromatic N) is 1. The largest absolute Gasteiger partial charge is 0.392 e. The molecule has 4 nitrogen and oxygen atoms in total. The van der Waals surface area contributed by atoms with Gasteiger partial charge in [0.1, 0.15) is 0 Å². The van der Waals surface area contributed by atoms with Gasteiger partial charge in [-0.1, -0.05) is 12.1 Å². The fraction of sp³-hybridized carbons (Fsp3) is 0.500. The van der Waals surface area contributed by atoms with Crippen LogP contribution in [0.4, 0.5) is 5.69 Å². The Balaban J connectivity index is 2.00. The molecular weight excluding hydrogens is 260 g/mol. The topological polar surface area (TPSA) is 52.6 Å². The molecule has 1 aliphatic rings. The third-order valence-corrected chi connectivity index (χ3v) is 4.28. The third-order valence-electron chi connectivity index (χ3n) is 3.49. The molecule has 1 saturated heterocycles. The first kappa shape index (κ1) is 14.4. The van der Waals surface area contributed by atoms with Gasteiger partial charge in [-0.15, -0.1) is 11.8 Å². The molecule has 0 radical (unpaired) electrons. The maximum absolute atomic E-state index is 12.2. The van der Waals surface area contributed by atoms with E-state index in [0.29, 0.717) is 6.54 Å². The SMILES string of the molecule is CSc1ccccc1NC(=O)C(C)N1CC[C@@H](O)C1. The molecule has 104 valence electrons. The van der Waals surface area contributed by atoms with Gasteiger partial charge < -0.3 is 10.4 Å². The first-order valence-electron chi connectivity index (χ1n) is 6.48. The van der Waals surface area contributed by atoms with Crippen molar-refractivity contribution in [2.75, 3.05) is 24.7 Å². The number of aliphatic hydroxyl groups is 1. The molecule has 19 heavy (non-hydrogen) atoms. The molecule has 0 aliphatic carbocycles. The summed E-state index contributed by atoms with van der Waals surface area (Å²) in [6.07, 6.45) is 2.44. The zero-order valence-electron chi connectivity index (χ0n) is 11.3. The zero-order valence-corrected chi connectivity index (χ0v) is 12.1. The van der Waals surface area contributed by atoms with E-state index in [0.717, 1.165) is 23.5 Å². The molecule has 1 fully saturated rings. The molecule has 0 bridgehead atoms. The second-order valence-electron chi connectivity index (χ2n) is 4.80. The average molecular weight is 280 g/mol. The van der Waals surface area contributed by atoms with Crippen molar-refractivity contribution >= 4 is 23.4 Å². The number of β-amino-alcohol motifs (C(OH)–C–C–N with tert-alkyl or cyclic N) is 1. The van der Waals surface area contributed by atoms with Crippen molar-refractivity contribution in [1.82, 2.24) is 4.90 Å². The highest BCUT2D eigenvalue weighted by molar-refractivity contribution is 7.98. The number of aliphatic hydroxyl groups excluding tert-OH is 1. The molecule has 1 aromatic rings. The maximum atomic E-state index is 12.2. The van der Waals surface area contributed by atoms with Crippen LogP contribution in [0, 0.1) is 0 Å². The van der Waals surface area contributed by atoms with E-state index in [1.807, 2.05) is 42.3 Å². The monoisotopic (exact) mass is 280 g/mol. The minimum atomic E-state index is -0.297. The van der Waals surface area contributed by atoms with E-state index in [-0.39, 0.29) is 18.1 Å². The first-order valence-corrected chi connectivity index (χ1v) is 7.70. The highest BCUT2D eigenvalue weighted by Crippen LogP contribution is 2.25. The van der Waals surface area contributed by atoms with Crippen LogP contribution in [0.25, 0.3) is 0 Å². The molecule has 2 atom stereocenters. The van der Waals surface area contributed by atoms with Gasteiger partial charge in [-0.2, -0.15) is 0 Å². The molecule has 1 amide bonds. The van der Waals surface area contributed by atoms with E-state index in [9.17, 15) is 9.90 Å². The Morgan fingerprint density at radius 3 is 2.89 bits per heavy atom. The van der Waals surface area contributed by atoms with Crippen molar-refractivity contribution < 1.29 is 9.90 Å². The van der Waals surface area contributed by atoms with Gasteiger partial charge in [0, 0.05) is 18.0 Å². The lowest BCUT2D eigenvalue weighted by molar-refractivity contribution is -0.120. The molecule has 0 aromatic heterocycles. The number of thioether (sulfide) groups is 1. The summed E-state index contributed by atoms with van der Waals surface area (Å²) in [6, 6.07) is 7.56. The quantitative estimate of drug-likeness (QED) is 0.826. The highest BCUT2D eigenvalue weighted by Gasteiger charge is 2.28. The Hall–Kier alpha value is -1.04. The van der Waals surface area contributed by atoms with Crippen LogP contribution in [0.15, 0.2) is 29.2 Å². The predicted molar refractivity (Wildman–Crippen MR) is 78.5 cm³/mol. The summed E-state index contributed by atoms with van der Waals surface area (Å²) in [5, 5.41) is 12.5. The van der Waals surface area contributed by atoms with E-state index in [2.05, 4.69) is 5.32 Å². The summed E-state index contributed by atoms with van der Waals surface area (Å²) >= 11 is 1.61. The van der Waals surface area contributed by atoms with Gasteiger partial charge in [0.15, 0.2) is 0 Å². The number of anilines is 1. The van der Waals surface area contributed by atoms with E-state index >= 15 is 0 Å². The lowest BCUT2D eigenvalue weighted by Gasteiger charge is -2.23. The lowest BCUT2D eigenvalue weighted by Crippen LogP contribution is -2.41. The summed E-state index contributed by atoms with van der Waals surface area (Å²) in [4.78, 5) is 15.3. The van der Waals surface area contributed by atoms with Crippen LogP contribution in [0.2, 0.25) is 0 Å². The van der Waals surface area contributed by atoms with Crippen molar-refractivity contribution in [2.24, 2.45) is 0 Å². The van der Waals surface area contributed by atoms with Gasteiger partial charge in [-0.25, -0.2) is 0 Å². The molecule has 1 heterocycles. The van der Waals surface area contributed by atoms with Gasteiger partial charge in [-0.3, -0.25) is 9.69 Å². The minimum absolute atomic E-state index is 0.0180. The van der Waals surface area contributed by atoms with Gasteiger partial charge in [0.2, 0.25) is 5.91 Å². The minimum Gasteiger partial charge on any atom is -0.392 e. The van der Waals surface area contributed by atoms with Crippen LogP contribution in [0.5, 0.6) is 0 Å². The molecule has 0 saturated carbocycles. The summed E-state index contributed by atoms with van der Waals surface area (Å²) < 4.78 is 0. The normalized spacial score (nSPS) is 21.3. The number of carbonyl (C=O) groups is 1. The molecule has 2 N–H and O–H groups in total. The summed E-state index contributed by atoms with van der Waals surface area (Å²) in [5.74, 6) is -0.0180. The number of hydrogen-bond donors (Lipinski definition) is 2. The second kappa shape index (κ2) is 6.41. The van der Waals surface area contributed by atoms with Gasteiger partial charge in [-0.05, 0) is 31.7 Å². The molecule has 2 rings (SSSR count). The lowest BCUT2D eigenvalue weighted by atomic mass is 10.2. The average Bonchev–Trinajstić information content (AvgIpc) is 2.85. The summed E-state index contributed by atoms with van der Waals surface area (Å²) in [6.45, 7) is 3.24. The smallest absolute Gasteiger partial charge is 0.241 e. The fourth-order valence-electron chi connectivity index (χ4n) is 2.27. The molecule has 1 aliphatic heterocycles. The number of hydrogen-bond acceptors (Lipinski definition) is 4. The zero-order chi connectivity index (χ0) is 13.8. The Morgan fingerprint density at radius 1 is 1.53 bits per heavy atom. The van der Waals surface area contributed by atoms with Crippen LogP contribution in [-0.2, 0) is 4.79 Å². The van der Waals surface area contributed by atoms with E-state index in [1.54, 1.807) is 11.8 Å². The van der Waals surface area contributed by atoms with Crippen molar-refractivity contribution in [1.29, 1.82) is 0 Å². The number of benzene rings is 1. The van der Waals surface area contributed by atoms with Crippen molar-refractivity contribution in [3.05, 3.63) is 24.3 Å². The van der Waals surface area contributed by atoms with Crippen LogP contribution < -0.4 is 5.32 Å². The van der Waals surface area contributed by atoms with Crippen molar-refractivity contribution in [3.8, 4) is 0 Å². The summed E-state index contributed by atoms with van der Waals surface area (Å²) in [7, 11) is 0. The van der Waals surface area contributed by atoms with E-state index in [1.165, 1.54) is 0 Å². The summed E-state index contributed by atoms with van der Waals surface area (Å²) in [5.41, 5.74) is 0.853.